The number of rotatable bonds is 4. The fourth-order valence-corrected chi connectivity index (χ4v) is 8.08. The number of hydrogen-bond donors (Lipinski definition) is 3. The Morgan fingerprint density at radius 1 is 1.24 bits per heavy atom. The van der Waals surface area contributed by atoms with Crippen LogP contribution in [0.3, 0.4) is 0 Å². The van der Waals surface area contributed by atoms with E-state index < -0.39 is 50.9 Å². The highest BCUT2D eigenvalue weighted by atomic mass is 19.1. The van der Waals surface area contributed by atoms with Crippen molar-refractivity contribution in [3.63, 3.8) is 0 Å². The molecule has 0 heterocycles. The quantitative estimate of drug-likeness (QED) is 0.418. The molecule has 5 rings (SSSR count). The first-order chi connectivity index (χ1) is 17.3. The fraction of sp³-hybridized carbons (Fsp3) is 0.571. The standard InChI is InChI=1S/C28H33FN2O6/c1-16-12-22-21-9-6-18-13-20(32)10-11-25(18,2)27(21,29)23(33)14-26(22,3)28(16,35)24(34)30-15-17-4-7-19(8-5-17)31(36)37/h4-5,7-8,10-11,13,16,21-23,33,35H,6,9,12,14-15H2,1-3H3,(H,30,34)/t16-,21+,22+,23+,25+,26+,27+,28+/m1/s1. The van der Waals surface area contributed by atoms with Gasteiger partial charge in [0.25, 0.3) is 11.6 Å². The molecule has 9 heteroatoms. The zero-order valence-electron chi connectivity index (χ0n) is 21.2. The number of hydrogen-bond acceptors (Lipinski definition) is 6. The number of carbonyl (C=O) groups is 2. The summed E-state index contributed by atoms with van der Waals surface area (Å²) in [6.07, 6.45) is 4.27. The second-order valence-electron chi connectivity index (χ2n) is 11.8. The summed E-state index contributed by atoms with van der Waals surface area (Å²) in [5, 5.41) is 37.1. The van der Waals surface area contributed by atoms with E-state index in [2.05, 4.69) is 5.32 Å². The average molecular weight is 513 g/mol. The molecular formula is C28H33FN2O6. The third kappa shape index (κ3) is 3.32. The van der Waals surface area contributed by atoms with Crippen LogP contribution in [0.1, 0.15) is 52.0 Å². The van der Waals surface area contributed by atoms with Crippen molar-refractivity contribution in [3.8, 4) is 0 Å². The summed E-state index contributed by atoms with van der Waals surface area (Å²) in [5.74, 6) is -2.20. The second-order valence-corrected chi connectivity index (χ2v) is 11.8. The molecule has 4 aliphatic carbocycles. The van der Waals surface area contributed by atoms with Crippen LogP contribution >= 0.6 is 0 Å². The highest BCUT2D eigenvalue weighted by Gasteiger charge is 2.75. The van der Waals surface area contributed by atoms with E-state index in [9.17, 15) is 29.9 Å². The molecule has 0 unspecified atom stereocenters. The van der Waals surface area contributed by atoms with Crippen LogP contribution in [0.25, 0.3) is 0 Å². The van der Waals surface area contributed by atoms with Gasteiger partial charge in [-0.15, -0.1) is 0 Å². The minimum atomic E-state index is -2.03. The van der Waals surface area contributed by atoms with Gasteiger partial charge in [0.15, 0.2) is 17.1 Å². The molecule has 3 fully saturated rings. The molecule has 3 N–H and O–H groups in total. The lowest BCUT2D eigenvalue weighted by atomic mass is 9.44. The molecule has 8 atom stereocenters. The van der Waals surface area contributed by atoms with Gasteiger partial charge < -0.3 is 15.5 Å². The number of alkyl halides is 1. The number of nitrogens with one attached hydrogen (secondary N) is 1. The number of carbonyl (C=O) groups excluding carboxylic acids is 2. The molecular weight excluding hydrogens is 479 g/mol. The summed E-state index contributed by atoms with van der Waals surface area (Å²) in [5.41, 5.74) is -4.81. The van der Waals surface area contributed by atoms with E-state index in [1.165, 1.54) is 24.3 Å². The molecule has 3 saturated carbocycles. The molecule has 0 bridgehead atoms. The van der Waals surface area contributed by atoms with E-state index in [-0.39, 0.29) is 30.4 Å². The number of nitrogens with zero attached hydrogens (tertiary/aromatic N) is 1. The van der Waals surface area contributed by atoms with E-state index in [4.69, 9.17) is 0 Å². The van der Waals surface area contributed by atoms with Gasteiger partial charge in [-0.1, -0.05) is 37.6 Å². The van der Waals surface area contributed by atoms with Crippen LogP contribution in [-0.4, -0.2) is 44.2 Å². The molecule has 1 amide bonds. The topological polar surface area (TPSA) is 130 Å². The highest BCUT2D eigenvalue weighted by molar-refractivity contribution is 6.01. The van der Waals surface area contributed by atoms with Crippen LogP contribution in [-0.2, 0) is 16.1 Å². The van der Waals surface area contributed by atoms with Gasteiger partial charge in [-0.2, -0.15) is 0 Å². The smallest absolute Gasteiger partial charge is 0.269 e. The summed E-state index contributed by atoms with van der Waals surface area (Å²) in [6, 6.07) is 5.79. The highest BCUT2D eigenvalue weighted by Crippen LogP contribution is 2.70. The van der Waals surface area contributed by atoms with Crippen molar-refractivity contribution in [2.45, 2.75) is 70.4 Å². The van der Waals surface area contributed by atoms with Crippen molar-refractivity contribution in [1.82, 2.24) is 5.32 Å². The summed E-state index contributed by atoms with van der Waals surface area (Å²) in [6.45, 7) is 5.37. The monoisotopic (exact) mass is 512 g/mol. The number of benzene rings is 1. The summed E-state index contributed by atoms with van der Waals surface area (Å²) < 4.78 is 17.2. The third-order valence-corrected chi connectivity index (χ3v) is 10.2. The van der Waals surface area contributed by atoms with Crippen molar-refractivity contribution >= 4 is 17.4 Å². The van der Waals surface area contributed by atoms with Crippen LogP contribution in [0.5, 0.6) is 0 Å². The maximum Gasteiger partial charge on any atom is 0.269 e. The minimum Gasteiger partial charge on any atom is -0.390 e. The van der Waals surface area contributed by atoms with Crippen molar-refractivity contribution in [3.05, 3.63) is 63.7 Å². The molecule has 198 valence electrons. The number of aliphatic hydroxyl groups excluding tert-OH is 1. The lowest BCUT2D eigenvalue weighted by molar-refractivity contribution is -0.384. The van der Waals surface area contributed by atoms with Crippen LogP contribution in [0.2, 0.25) is 0 Å². The molecule has 37 heavy (non-hydrogen) atoms. The van der Waals surface area contributed by atoms with Gasteiger partial charge in [-0.3, -0.25) is 19.7 Å². The lowest BCUT2D eigenvalue weighted by Gasteiger charge is -2.62. The van der Waals surface area contributed by atoms with E-state index in [0.717, 1.165) is 0 Å². The zero-order valence-corrected chi connectivity index (χ0v) is 21.2. The van der Waals surface area contributed by atoms with Gasteiger partial charge in [-0.25, -0.2) is 4.39 Å². The molecule has 1 aromatic carbocycles. The molecule has 0 saturated heterocycles. The SMILES string of the molecule is C[C@@H]1C[C@H]2[C@@H]3CCC4=CC(=O)C=C[C@]4(C)[C@@]3(F)[C@@H](O)C[C@]2(C)[C@@]1(O)C(=O)NCc1ccc([N+](=O)[O-])cc1. The Labute approximate surface area is 214 Å². The van der Waals surface area contributed by atoms with Gasteiger partial charge >= 0.3 is 0 Å². The number of fused-ring (bicyclic) bond motifs is 5. The van der Waals surface area contributed by atoms with E-state index in [1.807, 2.05) is 0 Å². The number of non-ortho nitro benzene ring substituents is 1. The number of nitro groups is 1. The van der Waals surface area contributed by atoms with E-state index in [1.54, 1.807) is 39.0 Å². The van der Waals surface area contributed by atoms with E-state index >= 15 is 4.39 Å². The predicted molar refractivity (Wildman–Crippen MR) is 133 cm³/mol. The van der Waals surface area contributed by atoms with Gasteiger partial charge in [-0.05, 0) is 62.2 Å². The largest absolute Gasteiger partial charge is 0.390 e. The van der Waals surface area contributed by atoms with Crippen molar-refractivity contribution in [2.24, 2.45) is 28.6 Å². The lowest BCUT2D eigenvalue weighted by Crippen LogP contribution is -2.70. The van der Waals surface area contributed by atoms with Gasteiger partial charge in [0.2, 0.25) is 0 Å². The maximum absolute atomic E-state index is 17.2. The van der Waals surface area contributed by atoms with Gasteiger partial charge in [0.05, 0.1) is 11.0 Å². The zero-order chi connectivity index (χ0) is 27.0. The number of amides is 1. The number of allylic oxidation sites excluding steroid dienone is 4. The first-order valence-corrected chi connectivity index (χ1v) is 12.8. The molecule has 0 aromatic heterocycles. The first kappa shape index (κ1) is 25.7. The van der Waals surface area contributed by atoms with E-state index in [0.29, 0.717) is 30.4 Å². The minimum absolute atomic E-state index is 0.0595. The summed E-state index contributed by atoms with van der Waals surface area (Å²) >= 11 is 0. The Bertz CT molecular complexity index is 1230. The maximum atomic E-state index is 17.2. The van der Waals surface area contributed by atoms with Crippen molar-refractivity contribution < 1.29 is 29.1 Å². The van der Waals surface area contributed by atoms with Crippen LogP contribution in [0, 0.1) is 38.7 Å². The average Bonchev–Trinajstić information content (AvgIpc) is 3.05. The molecule has 4 aliphatic rings. The Kier molecular flexibility index (Phi) is 5.77. The number of ketones is 1. The summed E-state index contributed by atoms with van der Waals surface area (Å²) in [7, 11) is 0. The van der Waals surface area contributed by atoms with Crippen molar-refractivity contribution in [1.29, 1.82) is 0 Å². The Balaban J connectivity index is 1.43. The van der Waals surface area contributed by atoms with Crippen LogP contribution < -0.4 is 5.32 Å². The number of aliphatic hydroxyl groups is 2. The molecule has 0 spiro atoms. The first-order valence-electron chi connectivity index (χ1n) is 12.8. The third-order valence-electron chi connectivity index (χ3n) is 10.2. The molecule has 8 nitrogen and oxygen atoms in total. The molecule has 0 radical (unpaired) electrons. The number of nitro benzene ring substituents is 1. The predicted octanol–water partition coefficient (Wildman–Crippen LogP) is 3.56. The number of halogens is 1. The Morgan fingerprint density at radius 2 is 1.92 bits per heavy atom. The molecule has 0 aliphatic heterocycles. The Morgan fingerprint density at radius 3 is 2.57 bits per heavy atom. The normalized spacial score (nSPS) is 42.3. The van der Waals surface area contributed by atoms with Gasteiger partial charge in [0, 0.05) is 35.4 Å². The van der Waals surface area contributed by atoms with Crippen molar-refractivity contribution in [2.75, 3.05) is 0 Å². The second kappa shape index (κ2) is 8.30. The fourth-order valence-electron chi connectivity index (χ4n) is 8.08. The van der Waals surface area contributed by atoms with Crippen LogP contribution in [0.15, 0.2) is 48.1 Å². The molecule has 1 aromatic rings. The van der Waals surface area contributed by atoms with Gasteiger partial charge in [0.1, 0.15) is 0 Å². The Hall–Kier alpha value is -2.91. The van der Waals surface area contributed by atoms with Crippen LogP contribution in [0.4, 0.5) is 10.1 Å². The summed E-state index contributed by atoms with van der Waals surface area (Å²) in [4.78, 5) is 35.9.